The summed E-state index contributed by atoms with van der Waals surface area (Å²) in [6, 6.07) is 9.41. The molecule has 2 rings (SSSR count). The molecule has 4 heteroatoms. The molecule has 0 amide bonds. The van der Waals surface area contributed by atoms with Crippen molar-refractivity contribution in [3.8, 4) is 0 Å². The van der Waals surface area contributed by atoms with Crippen LogP contribution in [0, 0.1) is 5.92 Å². The van der Waals surface area contributed by atoms with Crippen LogP contribution in [0.25, 0.3) is 0 Å². The first-order valence-corrected chi connectivity index (χ1v) is 7.83. The molecule has 2 atom stereocenters. The van der Waals surface area contributed by atoms with Gasteiger partial charge in [-0.2, -0.15) is 0 Å². The summed E-state index contributed by atoms with van der Waals surface area (Å²) < 4.78 is 0. The summed E-state index contributed by atoms with van der Waals surface area (Å²) >= 11 is 0. The van der Waals surface area contributed by atoms with E-state index >= 15 is 0 Å². The van der Waals surface area contributed by atoms with Crippen LogP contribution < -0.4 is 15.5 Å². The molecule has 1 aliphatic rings. The number of nitrogens with zero attached hydrogens (tertiary/aromatic N) is 2. The molecule has 0 spiro atoms. The Balaban J connectivity index is 1.66. The SMILES string of the molecule is CN=C(NCCCc1ccc(N(C)C)cc1)NC1CC1C. The van der Waals surface area contributed by atoms with Crippen LogP contribution in [0.4, 0.5) is 5.69 Å². The van der Waals surface area contributed by atoms with E-state index in [1.165, 1.54) is 17.7 Å². The summed E-state index contributed by atoms with van der Waals surface area (Å²) in [5, 5.41) is 6.83. The lowest BCUT2D eigenvalue weighted by atomic mass is 10.1. The van der Waals surface area contributed by atoms with E-state index in [2.05, 4.69) is 65.8 Å². The second kappa shape index (κ2) is 7.34. The molecule has 0 aromatic heterocycles. The van der Waals surface area contributed by atoms with E-state index in [-0.39, 0.29) is 0 Å². The Bertz CT molecular complexity index is 464. The summed E-state index contributed by atoms with van der Waals surface area (Å²) in [6.07, 6.45) is 3.47. The maximum atomic E-state index is 4.27. The Morgan fingerprint density at radius 3 is 2.48 bits per heavy atom. The fraction of sp³-hybridized carbons (Fsp3) is 0.588. The number of aryl methyl sites for hydroxylation is 1. The van der Waals surface area contributed by atoms with Crippen molar-refractivity contribution >= 4 is 11.6 Å². The fourth-order valence-corrected chi connectivity index (χ4v) is 2.35. The van der Waals surface area contributed by atoms with Gasteiger partial charge >= 0.3 is 0 Å². The quantitative estimate of drug-likeness (QED) is 0.479. The average Bonchev–Trinajstić information content (AvgIpc) is 3.18. The van der Waals surface area contributed by atoms with E-state index in [4.69, 9.17) is 0 Å². The third-order valence-corrected chi connectivity index (χ3v) is 4.04. The molecule has 0 radical (unpaired) electrons. The average molecular weight is 288 g/mol. The van der Waals surface area contributed by atoms with Crippen LogP contribution in [0.3, 0.4) is 0 Å². The van der Waals surface area contributed by atoms with Crippen LogP contribution in [-0.2, 0) is 6.42 Å². The lowest BCUT2D eigenvalue weighted by Crippen LogP contribution is -2.39. The zero-order chi connectivity index (χ0) is 15.2. The summed E-state index contributed by atoms with van der Waals surface area (Å²) in [4.78, 5) is 6.39. The molecule has 21 heavy (non-hydrogen) atoms. The number of hydrogen-bond acceptors (Lipinski definition) is 2. The highest BCUT2D eigenvalue weighted by Crippen LogP contribution is 2.28. The molecule has 1 aromatic rings. The molecular weight excluding hydrogens is 260 g/mol. The largest absolute Gasteiger partial charge is 0.378 e. The molecule has 1 aliphatic carbocycles. The van der Waals surface area contributed by atoms with Gasteiger partial charge in [-0.15, -0.1) is 0 Å². The van der Waals surface area contributed by atoms with Crippen LogP contribution in [0.15, 0.2) is 29.3 Å². The Morgan fingerprint density at radius 1 is 1.29 bits per heavy atom. The van der Waals surface area contributed by atoms with Gasteiger partial charge in [0.25, 0.3) is 0 Å². The van der Waals surface area contributed by atoms with Crippen LogP contribution in [0.2, 0.25) is 0 Å². The smallest absolute Gasteiger partial charge is 0.191 e. The Hall–Kier alpha value is -1.71. The first kappa shape index (κ1) is 15.7. The van der Waals surface area contributed by atoms with Gasteiger partial charge < -0.3 is 15.5 Å². The summed E-state index contributed by atoms with van der Waals surface area (Å²) in [5.74, 6) is 1.73. The van der Waals surface area contributed by atoms with Crippen molar-refractivity contribution in [3.05, 3.63) is 29.8 Å². The molecule has 0 saturated heterocycles. The molecule has 1 saturated carbocycles. The molecule has 116 valence electrons. The van der Waals surface area contributed by atoms with Gasteiger partial charge in [-0.25, -0.2) is 0 Å². The number of nitrogens with one attached hydrogen (secondary N) is 2. The zero-order valence-electron chi connectivity index (χ0n) is 13.7. The molecule has 0 aliphatic heterocycles. The van der Waals surface area contributed by atoms with E-state index in [1.807, 2.05) is 7.05 Å². The number of guanidine groups is 1. The first-order chi connectivity index (χ1) is 10.1. The van der Waals surface area contributed by atoms with E-state index in [0.717, 1.165) is 31.3 Å². The normalized spacial score (nSPS) is 21.0. The Labute approximate surface area is 128 Å². The standard InChI is InChI=1S/C17H28N4/c1-13-12-16(13)20-17(18-2)19-11-5-6-14-7-9-15(10-8-14)21(3)4/h7-10,13,16H,5-6,11-12H2,1-4H3,(H2,18,19,20). The Morgan fingerprint density at radius 2 is 1.95 bits per heavy atom. The van der Waals surface area contributed by atoms with E-state index < -0.39 is 0 Å². The molecular formula is C17H28N4. The summed E-state index contributed by atoms with van der Waals surface area (Å²) in [7, 11) is 5.97. The molecule has 2 N–H and O–H groups in total. The molecule has 0 heterocycles. The summed E-state index contributed by atoms with van der Waals surface area (Å²) in [5.41, 5.74) is 2.64. The van der Waals surface area contributed by atoms with E-state index in [1.54, 1.807) is 0 Å². The monoisotopic (exact) mass is 288 g/mol. The van der Waals surface area contributed by atoms with Gasteiger partial charge in [0, 0.05) is 39.4 Å². The lowest BCUT2D eigenvalue weighted by Gasteiger charge is -2.13. The minimum atomic E-state index is 0.620. The first-order valence-electron chi connectivity index (χ1n) is 7.83. The highest BCUT2D eigenvalue weighted by atomic mass is 15.2. The van der Waals surface area contributed by atoms with Crippen molar-refractivity contribution in [2.45, 2.75) is 32.2 Å². The number of benzene rings is 1. The predicted octanol–water partition coefficient (Wildman–Crippen LogP) is 2.26. The van der Waals surface area contributed by atoms with Gasteiger partial charge in [0.15, 0.2) is 5.96 Å². The molecule has 4 nitrogen and oxygen atoms in total. The Kier molecular flexibility index (Phi) is 5.48. The second-order valence-electron chi connectivity index (χ2n) is 6.13. The van der Waals surface area contributed by atoms with Gasteiger partial charge in [-0.05, 0) is 42.9 Å². The van der Waals surface area contributed by atoms with E-state index in [9.17, 15) is 0 Å². The van der Waals surface area contributed by atoms with Crippen LogP contribution in [0.5, 0.6) is 0 Å². The van der Waals surface area contributed by atoms with Gasteiger partial charge in [0.1, 0.15) is 0 Å². The van der Waals surface area contributed by atoms with Crippen molar-refractivity contribution in [1.82, 2.24) is 10.6 Å². The topological polar surface area (TPSA) is 39.7 Å². The van der Waals surface area contributed by atoms with Gasteiger partial charge in [0.2, 0.25) is 0 Å². The van der Waals surface area contributed by atoms with Crippen LogP contribution in [0.1, 0.15) is 25.3 Å². The van der Waals surface area contributed by atoms with Crippen molar-refractivity contribution in [1.29, 1.82) is 0 Å². The summed E-state index contributed by atoms with van der Waals surface area (Å²) in [6.45, 7) is 3.22. The number of hydrogen-bond donors (Lipinski definition) is 2. The van der Waals surface area contributed by atoms with Crippen molar-refractivity contribution in [2.75, 3.05) is 32.6 Å². The van der Waals surface area contributed by atoms with Crippen LogP contribution in [-0.4, -0.2) is 39.7 Å². The van der Waals surface area contributed by atoms with Crippen molar-refractivity contribution in [3.63, 3.8) is 0 Å². The second-order valence-corrected chi connectivity index (χ2v) is 6.13. The zero-order valence-corrected chi connectivity index (χ0v) is 13.7. The van der Waals surface area contributed by atoms with Crippen molar-refractivity contribution in [2.24, 2.45) is 10.9 Å². The highest BCUT2D eigenvalue weighted by molar-refractivity contribution is 5.80. The maximum Gasteiger partial charge on any atom is 0.191 e. The molecule has 2 unspecified atom stereocenters. The van der Waals surface area contributed by atoms with Crippen molar-refractivity contribution < 1.29 is 0 Å². The van der Waals surface area contributed by atoms with Gasteiger partial charge in [0.05, 0.1) is 0 Å². The highest BCUT2D eigenvalue weighted by Gasteiger charge is 2.33. The third-order valence-electron chi connectivity index (χ3n) is 4.04. The lowest BCUT2D eigenvalue weighted by molar-refractivity contribution is 0.726. The van der Waals surface area contributed by atoms with Crippen LogP contribution >= 0.6 is 0 Å². The minimum absolute atomic E-state index is 0.620. The van der Waals surface area contributed by atoms with Gasteiger partial charge in [-0.3, -0.25) is 4.99 Å². The van der Waals surface area contributed by atoms with Gasteiger partial charge in [-0.1, -0.05) is 19.1 Å². The molecule has 0 bridgehead atoms. The maximum absolute atomic E-state index is 4.27. The number of aliphatic imine (C=N–C) groups is 1. The molecule has 1 fully saturated rings. The number of rotatable bonds is 6. The fourth-order valence-electron chi connectivity index (χ4n) is 2.35. The molecule has 1 aromatic carbocycles. The van der Waals surface area contributed by atoms with E-state index in [0.29, 0.717) is 6.04 Å². The predicted molar refractivity (Wildman–Crippen MR) is 91.2 cm³/mol. The minimum Gasteiger partial charge on any atom is -0.378 e. The third kappa shape index (κ3) is 4.96. The number of anilines is 1.